The lowest BCUT2D eigenvalue weighted by atomic mass is 10.3. The van der Waals surface area contributed by atoms with Crippen molar-refractivity contribution in [3.05, 3.63) is 64.4 Å². The van der Waals surface area contributed by atoms with Crippen LogP contribution in [-0.2, 0) is 0 Å². The Balaban J connectivity index is 1.61. The molecule has 1 aromatic carbocycles. The molecular weight excluding hydrogens is 349 g/mol. The van der Waals surface area contributed by atoms with Crippen molar-refractivity contribution in [3.8, 4) is 5.75 Å². The molecule has 3 rings (SSSR count). The van der Waals surface area contributed by atoms with Gasteiger partial charge in [0.15, 0.2) is 5.69 Å². The minimum Gasteiger partial charge on any atom is -0.492 e. The number of pyridine rings is 1. The fourth-order valence-electron chi connectivity index (χ4n) is 2.23. The first kappa shape index (κ1) is 16.6. The highest BCUT2D eigenvalue weighted by Crippen LogP contribution is 2.17. The number of nitrogens with zero attached hydrogens (tertiary/aromatic N) is 3. The summed E-state index contributed by atoms with van der Waals surface area (Å²) in [4.78, 5) is 14.0. The summed E-state index contributed by atoms with van der Waals surface area (Å²) in [6, 6.07) is 12.3. The Morgan fingerprint density at radius 3 is 2.79 bits per heavy atom. The van der Waals surface area contributed by atoms with Crippen molar-refractivity contribution in [2.24, 2.45) is 0 Å². The Hall–Kier alpha value is -2.24. The molecule has 0 spiro atoms. The zero-order chi connectivity index (χ0) is 17.1. The van der Waals surface area contributed by atoms with Crippen LogP contribution in [0.3, 0.4) is 0 Å². The first-order valence-corrected chi connectivity index (χ1v) is 8.07. The number of likely N-dealkylation sites (N-methyl/N-ethyl adjacent to an activating group) is 1. The zero-order valence-electron chi connectivity index (χ0n) is 12.9. The number of fused-ring (bicyclic) bond motifs is 1. The molecule has 5 nitrogen and oxygen atoms in total. The standard InChI is InChI=1S/C17H15Cl2N3O2/c1-21(7-8-24-15-4-2-3-12(18)10-15)17(23)16-11-14-9-13(19)5-6-22(14)20-16/h2-6,9-11H,7-8H2,1H3. The molecule has 3 aromatic rings. The number of amides is 1. The lowest BCUT2D eigenvalue weighted by Crippen LogP contribution is -2.31. The molecule has 0 saturated carbocycles. The molecule has 0 radical (unpaired) electrons. The number of benzene rings is 1. The predicted molar refractivity (Wildman–Crippen MR) is 94.1 cm³/mol. The average Bonchev–Trinajstić information content (AvgIpc) is 2.97. The SMILES string of the molecule is CN(CCOc1cccc(Cl)c1)C(=O)c1cc2cc(Cl)ccn2n1. The van der Waals surface area contributed by atoms with Gasteiger partial charge in [0.2, 0.25) is 0 Å². The summed E-state index contributed by atoms with van der Waals surface area (Å²) in [7, 11) is 1.71. The number of aromatic nitrogens is 2. The van der Waals surface area contributed by atoms with Crippen LogP contribution in [0.4, 0.5) is 0 Å². The van der Waals surface area contributed by atoms with Crippen LogP contribution in [0.1, 0.15) is 10.5 Å². The highest BCUT2D eigenvalue weighted by molar-refractivity contribution is 6.31. The smallest absolute Gasteiger partial charge is 0.274 e. The summed E-state index contributed by atoms with van der Waals surface area (Å²) in [5.41, 5.74) is 1.14. The normalized spacial score (nSPS) is 10.8. The van der Waals surface area contributed by atoms with Crippen LogP contribution in [-0.4, -0.2) is 40.6 Å². The van der Waals surface area contributed by atoms with Crippen molar-refractivity contribution in [2.75, 3.05) is 20.2 Å². The Morgan fingerprint density at radius 1 is 1.21 bits per heavy atom. The molecule has 2 heterocycles. The van der Waals surface area contributed by atoms with E-state index < -0.39 is 0 Å². The Kier molecular flexibility index (Phi) is 4.92. The van der Waals surface area contributed by atoms with Crippen molar-refractivity contribution in [2.45, 2.75) is 0 Å². The molecule has 124 valence electrons. The molecule has 7 heteroatoms. The topological polar surface area (TPSA) is 46.8 Å². The van der Waals surface area contributed by atoms with Gasteiger partial charge < -0.3 is 9.64 Å². The van der Waals surface area contributed by atoms with Crippen molar-refractivity contribution >= 4 is 34.6 Å². The van der Waals surface area contributed by atoms with Crippen LogP contribution in [0.15, 0.2) is 48.7 Å². The van der Waals surface area contributed by atoms with Crippen LogP contribution in [0, 0.1) is 0 Å². The van der Waals surface area contributed by atoms with E-state index in [-0.39, 0.29) is 5.91 Å². The number of carbonyl (C=O) groups is 1. The first-order chi connectivity index (χ1) is 11.5. The van der Waals surface area contributed by atoms with Crippen molar-refractivity contribution in [1.29, 1.82) is 0 Å². The number of carbonyl (C=O) groups excluding carboxylic acids is 1. The summed E-state index contributed by atoms with van der Waals surface area (Å²) >= 11 is 11.8. The van der Waals surface area contributed by atoms with Gasteiger partial charge in [0, 0.05) is 23.3 Å². The maximum atomic E-state index is 12.4. The van der Waals surface area contributed by atoms with Gasteiger partial charge in [-0.1, -0.05) is 29.3 Å². The van der Waals surface area contributed by atoms with Crippen LogP contribution in [0.25, 0.3) is 5.52 Å². The lowest BCUT2D eigenvalue weighted by molar-refractivity contribution is 0.0767. The highest BCUT2D eigenvalue weighted by Gasteiger charge is 2.15. The van der Waals surface area contributed by atoms with Crippen LogP contribution < -0.4 is 4.74 Å². The van der Waals surface area contributed by atoms with E-state index in [1.165, 1.54) is 0 Å². The van der Waals surface area contributed by atoms with E-state index in [0.717, 1.165) is 5.52 Å². The number of halogens is 2. The number of hydrogen-bond donors (Lipinski definition) is 0. The van der Waals surface area contributed by atoms with E-state index in [9.17, 15) is 4.79 Å². The highest BCUT2D eigenvalue weighted by atomic mass is 35.5. The van der Waals surface area contributed by atoms with Crippen LogP contribution in [0.5, 0.6) is 5.75 Å². The Morgan fingerprint density at radius 2 is 2.00 bits per heavy atom. The van der Waals surface area contributed by atoms with Crippen LogP contribution in [0.2, 0.25) is 10.0 Å². The van der Waals surface area contributed by atoms with Gasteiger partial charge in [-0.15, -0.1) is 0 Å². The molecule has 0 saturated heterocycles. The number of rotatable bonds is 5. The van der Waals surface area contributed by atoms with Gasteiger partial charge in [0.05, 0.1) is 12.1 Å². The van der Waals surface area contributed by atoms with E-state index in [1.54, 1.807) is 53.0 Å². The molecule has 0 aliphatic rings. The van der Waals surface area contributed by atoms with Crippen LogP contribution >= 0.6 is 23.2 Å². The minimum atomic E-state index is -0.176. The molecule has 2 aromatic heterocycles. The third-order valence-corrected chi connectivity index (χ3v) is 3.95. The van der Waals surface area contributed by atoms with Gasteiger partial charge >= 0.3 is 0 Å². The summed E-state index contributed by atoms with van der Waals surface area (Å²) < 4.78 is 7.22. The second-order valence-electron chi connectivity index (χ2n) is 5.28. The lowest BCUT2D eigenvalue weighted by Gasteiger charge is -2.16. The molecular formula is C17H15Cl2N3O2. The Bertz CT molecular complexity index is 879. The fourth-order valence-corrected chi connectivity index (χ4v) is 2.57. The summed E-state index contributed by atoms with van der Waals surface area (Å²) in [5, 5.41) is 5.47. The van der Waals surface area contributed by atoms with Crippen molar-refractivity contribution < 1.29 is 9.53 Å². The maximum absolute atomic E-state index is 12.4. The van der Waals surface area contributed by atoms with Gasteiger partial charge in [-0.25, -0.2) is 4.52 Å². The van der Waals surface area contributed by atoms with E-state index in [4.69, 9.17) is 27.9 Å². The third-order valence-electron chi connectivity index (χ3n) is 3.48. The first-order valence-electron chi connectivity index (χ1n) is 7.32. The quantitative estimate of drug-likeness (QED) is 0.692. The monoisotopic (exact) mass is 363 g/mol. The molecule has 1 amide bonds. The molecule has 24 heavy (non-hydrogen) atoms. The van der Waals surface area contributed by atoms with Gasteiger partial charge in [-0.05, 0) is 36.4 Å². The van der Waals surface area contributed by atoms with Gasteiger partial charge in [-0.2, -0.15) is 5.10 Å². The third kappa shape index (κ3) is 3.80. The van der Waals surface area contributed by atoms with E-state index >= 15 is 0 Å². The summed E-state index contributed by atoms with van der Waals surface area (Å²) in [6.07, 6.45) is 1.72. The number of hydrogen-bond acceptors (Lipinski definition) is 3. The summed E-state index contributed by atoms with van der Waals surface area (Å²) in [5.74, 6) is 0.496. The molecule has 0 unspecified atom stereocenters. The van der Waals surface area contributed by atoms with E-state index in [0.29, 0.717) is 34.6 Å². The second kappa shape index (κ2) is 7.11. The molecule has 0 aliphatic heterocycles. The largest absolute Gasteiger partial charge is 0.492 e. The summed E-state index contributed by atoms with van der Waals surface area (Å²) in [6.45, 7) is 0.793. The molecule has 0 aliphatic carbocycles. The second-order valence-corrected chi connectivity index (χ2v) is 6.15. The minimum absolute atomic E-state index is 0.176. The zero-order valence-corrected chi connectivity index (χ0v) is 14.5. The molecule has 0 fully saturated rings. The van der Waals surface area contributed by atoms with Crippen molar-refractivity contribution in [1.82, 2.24) is 14.5 Å². The molecule has 0 N–H and O–H groups in total. The number of ether oxygens (including phenoxy) is 1. The van der Waals surface area contributed by atoms with Gasteiger partial charge in [0.1, 0.15) is 12.4 Å². The molecule has 0 bridgehead atoms. The van der Waals surface area contributed by atoms with Gasteiger partial charge in [0.25, 0.3) is 5.91 Å². The average molecular weight is 364 g/mol. The van der Waals surface area contributed by atoms with E-state index in [2.05, 4.69) is 5.10 Å². The van der Waals surface area contributed by atoms with Gasteiger partial charge in [-0.3, -0.25) is 4.79 Å². The Labute approximate surface area is 149 Å². The van der Waals surface area contributed by atoms with Crippen molar-refractivity contribution in [3.63, 3.8) is 0 Å². The predicted octanol–water partition coefficient (Wildman–Crippen LogP) is 3.79. The van der Waals surface area contributed by atoms with E-state index in [1.807, 2.05) is 12.1 Å². The molecule has 0 atom stereocenters. The fraction of sp³-hybridized carbons (Fsp3) is 0.176. The maximum Gasteiger partial charge on any atom is 0.274 e.